The van der Waals surface area contributed by atoms with Crippen molar-refractivity contribution >= 4 is 5.69 Å². The van der Waals surface area contributed by atoms with E-state index in [1.807, 2.05) is 0 Å². The largest absolute Gasteiger partial charge is 0.484 e. The Labute approximate surface area is 124 Å². The molecule has 0 aromatic heterocycles. The van der Waals surface area contributed by atoms with Crippen molar-refractivity contribution in [3.8, 4) is 18.1 Å². The fourth-order valence-corrected chi connectivity index (χ4v) is 3.12. The van der Waals surface area contributed by atoms with Crippen LogP contribution >= 0.6 is 0 Å². The average Bonchev–Trinajstić information content (AvgIpc) is 2.64. The summed E-state index contributed by atoms with van der Waals surface area (Å²) in [7, 11) is 1.65. The third-order valence-corrected chi connectivity index (χ3v) is 4.02. The van der Waals surface area contributed by atoms with E-state index in [1.165, 1.54) is 12.1 Å². The van der Waals surface area contributed by atoms with Gasteiger partial charge in [-0.25, -0.2) is 4.39 Å². The van der Waals surface area contributed by atoms with E-state index in [4.69, 9.17) is 15.9 Å². The highest BCUT2D eigenvalue weighted by Crippen LogP contribution is 2.39. The van der Waals surface area contributed by atoms with E-state index in [2.05, 4.69) is 16.1 Å². The maximum atomic E-state index is 13.9. The molecule has 1 saturated heterocycles. The van der Waals surface area contributed by atoms with Crippen molar-refractivity contribution in [2.75, 3.05) is 38.3 Å². The van der Waals surface area contributed by atoms with Gasteiger partial charge < -0.3 is 19.7 Å². The molecule has 112 valence electrons. The van der Waals surface area contributed by atoms with Crippen molar-refractivity contribution in [3.63, 3.8) is 0 Å². The number of nitrogens with zero attached hydrogens (tertiary/aromatic N) is 1. The smallest absolute Gasteiger partial charge is 0.158 e. The fraction of sp³-hybridized carbons (Fsp3) is 0.500. The van der Waals surface area contributed by atoms with Crippen LogP contribution < -0.4 is 15.0 Å². The van der Waals surface area contributed by atoms with Crippen LogP contribution in [-0.2, 0) is 4.74 Å². The number of anilines is 1. The number of terminal acetylenes is 1. The number of methoxy groups -OCH3 is 1. The van der Waals surface area contributed by atoms with Gasteiger partial charge in [0.1, 0.15) is 11.9 Å². The van der Waals surface area contributed by atoms with E-state index in [1.54, 1.807) is 7.11 Å². The van der Waals surface area contributed by atoms with Gasteiger partial charge in [-0.1, -0.05) is 5.92 Å². The predicted molar refractivity (Wildman–Crippen MR) is 79.2 cm³/mol. The second-order valence-electron chi connectivity index (χ2n) is 5.43. The summed E-state index contributed by atoms with van der Waals surface area (Å²) in [5.74, 6) is 2.81. The molecule has 3 rings (SSSR count). The highest BCUT2D eigenvalue weighted by Gasteiger charge is 2.33. The molecule has 0 saturated carbocycles. The van der Waals surface area contributed by atoms with E-state index < -0.39 is 0 Å². The molecule has 5 heteroatoms. The number of ether oxygens (including phenoxy) is 2. The molecule has 2 aliphatic rings. The van der Waals surface area contributed by atoms with E-state index >= 15 is 0 Å². The Morgan fingerprint density at radius 2 is 2.43 bits per heavy atom. The minimum Gasteiger partial charge on any atom is -0.484 e. The molecule has 0 unspecified atom stereocenters. The van der Waals surface area contributed by atoms with Crippen molar-refractivity contribution in [2.45, 2.75) is 18.6 Å². The van der Waals surface area contributed by atoms with Crippen LogP contribution in [0, 0.1) is 18.2 Å². The van der Waals surface area contributed by atoms with Crippen molar-refractivity contribution < 1.29 is 13.9 Å². The molecule has 2 atom stereocenters. The molecule has 1 N–H and O–H groups in total. The van der Waals surface area contributed by atoms with Crippen LogP contribution in [0.15, 0.2) is 12.1 Å². The van der Waals surface area contributed by atoms with Crippen molar-refractivity contribution in [2.24, 2.45) is 0 Å². The SMILES string of the molecule is C#Cc1cc(F)cc2c1O[C@H](COC)C[C@@H]1CNCCN21. The summed E-state index contributed by atoms with van der Waals surface area (Å²) in [5, 5.41) is 3.38. The van der Waals surface area contributed by atoms with Gasteiger partial charge in [-0.05, 0) is 6.07 Å². The van der Waals surface area contributed by atoms with Crippen LogP contribution in [0.4, 0.5) is 10.1 Å². The zero-order valence-electron chi connectivity index (χ0n) is 12.1. The summed E-state index contributed by atoms with van der Waals surface area (Å²) < 4.78 is 25.2. The number of rotatable bonds is 2. The lowest BCUT2D eigenvalue weighted by molar-refractivity contribution is 0.0743. The molecule has 21 heavy (non-hydrogen) atoms. The summed E-state index contributed by atoms with van der Waals surface area (Å²) in [6.07, 6.45) is 6.26. The van der Waals surface area contributed by atoms with E-state index in [0.29, 0.717) is 17.9 Å². The summed E-state index contributed by atoms with van der Waals surface area (Å²) in [5.41, 5.74) is 1.22. The maximum Gasteiger partial charge on any atom is 0.158 e. The Bertz CT molecular complexity index is 570. The second-order valence-corrected chi connectivity index (χ2v) is 5.43. The monoisotopic (exact) mass is 290 g/mol. The van der Waals surface area contributed by atoms with Gasteiger partial charge in [0.2, 0.25) is 0 Å². The van der Waals surface area contributed by atoms with Gasteiger partial charge in [-0.15, -0.1) is 6.42 Å². The van der Waals surface area contributed by atoms with Crippen molar-refractivity contribution in [1.29, 1.82) is 0 Å². The Balaban J connectivity index is 2.07. The third-order valence-electron chi connectivity index (χ3n) is 4.02. The first-order valence-corrected chi connectivity index (χ1v) is 7.16. The molecule has 1 aromatic rings. The molecule has 2 heterocycles. The minimum atomic E-state index is -0.326. The molecular weight excluding hydrogens is 271 g/mol. The van der Waals surface area contributed by atoms with E-state index in [-0.39, 0.29) is 18.0 Å². The molecule has 4 nitrogen and oxygen atoms in total. The highest BCUT2D eigenvalue weighted by molar-refractivity contribution is 5.67. The van der Waals surface area contributed by atoms with E-state index in [0.717, 1.165) is 31.7 Å². The molecule has 2 aliphatic heterocycles. The van der Waals surface area contributed by atoms with Crippen LogP contribution in [0.2, 0.25) is 0 Å². The minimum absolute atomic E-state index is 0.0822. The second kappa shape index (κ2) is 5.92. The number of piperazine rings is 1. The summed E-state index contributed by atoms with van der Waals surface area (Å²) in [4.78, 5) is 2.20. The normalized spacial score (nSPS) is 24.3. The van der Waals surface area contributed by atoms with Crippen LogP contribution in [0.3, 0.4) is 0 Å². The highest BCUT2D eigenvalue weighted by atomic mass is 19.1. The number of nitrogens with one attached hydrogen (secondary N) is 1. The van der Waals surface area contributed by atoms with Gasteiger partial charge in [0.25, 0.3) is 0 Å². The fourth-order valence-electron chi connectivity index (χ4n) is 3.12. The first-order valence-electron chi connectivity index (χ1n) is 7.16. The third kappa shape index (κ3) is 2.69. The molecule has 1 aromatic carbocycles. The van der Waals surface area contributed by atoms with E-state index in [9.17, 15) is 4.39 Å². The van der Waals surface area contributed by atoms with Gasteiger partial charge in [0, 0.05) is 45.3 Å². The summed E-state index contributed by atoms with van der Waals surface area (Å²) in [6.45, 7) is 3.02. The van der Waals surface area contributed by atoms with Crippen LogP contribution in [0.25, 0.3) is 0 Å². The van der Waals surface area contributed by atoms with Gasteiger partial charge in [-0.3, -0.25) is 0 Å². The maximum absolute atomic E-state index is 13.9. The average molecular weight is 290 g/mol. The molecule has 0 radical (unpaired) electrons. The standard InChI is InChI=1S/C16H19FN2O2/c1-3-11-6-12(17)7-15-16(11)21-14(10-20-2)8-13-9-18-4-5-19(13)15/h1,6-7,13-14,18H,4-5,8-10H2,2H3/t13-,14+/m1/s1. The number of halogens is 1. The lowest BCUT2D eigenvalue weighted by Crippen LogP contribution is -2.52. The predicted octanol–water partition coefficient (Wildman–Crippen LogP) is 1.38. The van der Waals surface area contributed by atoms with Gasteiger partial charge in [0.15, 0.2) is 5.75 Å². The molecule has 0 aliphatic carbocycles. The Kier molecular flexibility index (Phi) is 4.00. The van der Waals surface area contributed by atoms with Gasteiger partial charge >= 0.3 is 0 Å². The lowest BCUT2D eigenvalue weighted by atomic mass is 10.1. The zero-order valence-corrected chi connectivity index (χ0v) is 12.1. The Morgan fingerprint density at radius 3 is 3.19 bits per heavy atom. The lowest BCUT2D eigenvalue weighted by Gasteiger charge is -2.37. The van der Waals surface area contributed by atoms with Gasteiger partial charge in [0.05, 0.1) is 17.9 Å². The number of fused-ring (bicyclic) bond motifs is 3. The molecule has 0 spiro atoms. The van der Waals surface area contributed by atoms with Crippen molar-refractivity contribution in [1.82, 2.24) is 5.32 Å². The first-order chi connectivity index (χ1) is 10.2. The number of benzene rings is 1. The number of hydrogen-bond acceptors (Lipinski definition) is 4. The van der Waals surface area contributed by atoms with Crippen LogP contribution in [0.1, 0.15) is 12.0 Å². The van der Waals surface area contributed by atoms with Crippen LogP contribution in [0.5, 0.6) is 5.75 Å². The molecule has 0 amide bonds. The quantitative estimate of drug-likeness (QED) is 0.835. The molecule has 1 fully saturated rings. The first kappa shape index (κ1) is 14.2. The number of hydrogen-bond donors (Lipinski definition) is 1. The zero-order chi connectivity index (χ0) is 14.8. The van der Waals surface area contributed by atoms with Crippen molar-refractivity contribution in [3.05, 3.63) is 23.5 Å². The molecular formula is C16H19FN2O2. The molecule has 0 bridgehead atoms. The topological polar surface area (TPSA) is 33.7 Å². The van der Waals surface area contributed by atoms with Gasteiger partial charge in [-0.2, -0.15) is 0 Å². The van der Waals surface area contributed by atoms with Crippen LogP contribution in [-0.4, -0.2) is 45.5 Å². The summed E-state index contributed by atoms with van der Waals surface area (Å²) in [6, 6.07) is 3.13. The Hall–Kier alpha value is -1.77. The summed E-state index contributed by atoms with van der Waals surface area (Å²) >= 11 is 0. The Morgan fingerprint density at radius 1 is 1.57 bits per heavy atom.